The number of carboxylic acid groups (broad SMARTS) is 1. The van der Waals surface area contributed by atoms with Gasteiger partial charge >= 0.3 is 5.97 Å². The fourth-order valence-electron chi connectivity index (χ4n) is 4.75. The first kappa shape index (κ1) is 27.1. The fraction of sp³-hybridized carbons (Fsp3) is 0.214. The molecule has 0 fully saturated rings. The summed E-state index contributed by atoms with van der Waals surface area (Å²) in [7, 11) is 0. The Morgan fingerprint density at radius 2 is 2.00 bits per heavy atom. The Bertz CT molecular complexity index is 1610. The van der Waals surface area contributed by atoms with Crippen LogP contribution in [0.15, 0.2) is 59.6 Å². The molecular weight excluding hydrogens is 559 g/mol. The average molecular weight is 583 g/mol. The van der Waals surface area contributed by atoms with Crippen molar-refractivity contribution in [3.8, 4) is 0 Å². The molecule has 11 heteroatoms. The molecule has 39 heavy (non-hydrogen) atoms. The lowest BCUT2D eigenvalue weighted by Crippen LogP contribution is -2.42. The van der Waals surface area contributed by atoms with Crippen molar-refractivity contribution >= 4 is 63.7 Å². The molecule has 3 N–H and O–H groups in total. The number of H-pyrrole nitrogens is 1. The summed E-state index contributed by atoms with van der Waals surface area (Å²) in [5, 5.41) is 20.4. The molecule has 4 aromatic rings. The Hall–Kier alpha value is -3.53. The van der Waals surface area contributed by atoms with Crippen LogP contribution < -0.4 is 5.32 Å². The highest BCUT2D eigenvalue weighted by Gasteiger charge is 2.29. The van der Waals surface area contributed by atoms with Gasteiger partial charge in [-0.3, -0.25) is 14.7 Å². The highest BCUT2D eigenvalue weighted by atomic mass is 35.5. The zero-order valence-electron chi connectivity index (χ0n) is 20.8. The Kier molecular flexibility index (Phi) is 7.83. The summed E-state index contributed by atoms with van der Waals surface area (Å²) in [6.45, 7) is 0.679. The van der Waals surface area contributed by atoms with Gasteiger partial charge in [-0.2, -0.15) is 5.10 Å². The molecular formula is C28H24Cl2N4O4S. The highest BCUT2D eigenvalue weighted by molar-refractivity contribution is 7.98. The van der Waals surface area contributed by atoms with Crippen LogP contribution in [0.1, 0.15) is 37.4 Å². The van der Waals surface area contributed by atoms with Crippen molar-refractivity contribution in [2.75, 3.05) is 12.8 Å². The summed E-state index contributed by atoms with van der Waals surface area (Å²) < 4.78 is 0. The molecule has 3 aromatic carbocycles. The van der Waals surface area contributed by atoms with Gasteiger partial charge in [0.1, 0.15) is 6.04 Å². The zero-order valence-corrected chi connectivity index (χ0v) is 23.2. The van der Waals surface area contributed by atoms with Crippen molar-refractivity contribution < 1.29 is 19.5 Å². The van der Waals surface area contributed by atoms with Crippen LogP contribution in [0.4, 0.5) is 0 Å². The van der Waals surface area contributed by atoms with E-state index in [1.54, 1.807) is 41.1 Å². The van der Waals surface area contributed by atoms with Crippen LogP contribution in [0.25, 0.3) is 10.9 Å². The standard InChI is InChI=1S/C28H24Cl2N4O4S/c1-39-19-4-2-3-15(9-19)10-23(28(37)38)32-26(35)24-21(29)11-18-14-34(8-7-20(18)25(24)30)27(36)16-5-6-17-13-31-33-22(17)12-16/h2-6,9,11-13,23H,7-8,10,14H2,1H3,(H,31,33)(H,32,35)(H,37,38)/t23-/m0/s1. The number of nitrogens with one attached hydrogen (secondary N) is 2. The fourth-order valence-corrected chi connectivity index (χ4v) is 6.00. The molecule has 0 spiro atoms. The van der Waals surface area contributed by atoms with Crippen molar-refractivity contribution in [2.45, 2.75) is 30.3 Å². The number of benzene rings is 3. The third-order valence-corrected chi connectivity index (χ3v) is 8.23. The van der Waals surface area contributed by atoms with E-state index in [9.17, 15) is 19.5 Å². The normalized spacial score (nSPS) is 13.7. The first-order valence-corrected chi connectivity index (χ1v) is 14.1. The predicted molar refractivity (Wildman–Crippen MR) is 152 cm³/mol. The molecule has 1 aromatic heterocycles. The minimum Gasteiger partial charge on any atom is -0.480 e. The number of hydrogen-bond donors (Lipinski definition) is 3. The van der Waals surface area contributed by atoms with Gasteiger partial charge in [0.15, 0.2) is 0 Å². The number of hydrogen-bond acceptors (Lipinski definition) is 5. The molecule has 2 amide bonds. The Morgan fingerprint density at radius 1 is 1.18 bits per heavy atom. The van der Waals surface area contributed by atoms with E-state index in [1.165, 1.54) is 0 Å². The summed E-state index contributed by atoms with van der Waals surface area (Å²) >= 11 is 14.7. The number of halogens is 2. The lowest BCUT2D eigenvalue weighted by Gasteiger charge is -2.30. The van der Waals surface area contributed by atoms with Gasteiger partial charge in [-0.25, -0.2) is 4.79 Å². The van der Waals surface area contributed by atoms with E-state index in [2.05, 4.69) is 15.5 Å². The van der Waals surface area contributed by atoms with Gasteiger partial charge in [-0.15, -0.1) is 11.8 Å². The van der Waals surface area contributed by atoms with Crippen LogP contribution in [0.3, 0.4) is 0 Å². The van der Waals surface area contributed by atoms with Crippen LogP contribution in [0, 0.1) is 0 Å². The minimum atomic E-state index is -1.17. The quantitative estimate of drug-likeness (QED) is 0.257. The number of carboxylic acids is 1. The maximum absolute atomic E-state index is 13.2. The molecule has 1 aliphatic rings. The smallest absolute Gasteiger partial charge is 0.326 e. The monoisotopic (exact) mass is 582 g/mol. The molecule has 0 bridgehead atoms. The summed E-state index contributed by atoms with van der Waals surface area (Å²) in [5.74, 6) is -1.96. The van der Waals surface area contributed by atoms with Crippen molar-refractivity contribution in [3.63, 3.8) is 0 Å². The van der Waals surface area contributed by atoms with Crippen molar-refractivity contribution in [1.82, 2.24) is 20.4 Å². The Morgan fingerprint density at radius 3 is 2.77 bits per heavy atom. The van der Waals surface area contributed by atoms with Crippen LogP contribution in [0.2, 0.25) is 10.0 Å². The number of aromatic amines is 1. The summed E-state index contributed by atoms with van der Waals surface area (Å²) in [5.41, 5.74) is 3.59. The molecule has 0 radical (unpaired) electrons. The van der Waals surface area contributed by atoms with Gasteiger partial charge < -0.3 is 15.3 Å². The van der Waals surface area contributed by atoms with Crippen LogP contribution in [-0.4, -0.2) is 56.8 Å². The zero-order chi connectivity index (χ0) is 27.7. The van der Waals surface area contributed by atoms with Crippen LogP contribution in [0.5, 0.6) is 0 Å². The molecule has 0 aliphatic carbocycles. The number of aromatic nitrogens is 2. The van der Waals surface area contributed by atoms with Gasteiger partial charge in [-0.05, 0) is 59.7 Å². The predicted octanol–water partition coefficient (Wildman–Crippen LogP) is 5.22. The second-order valence-electron chi connectivity index (χ2n) is 9.25. The number of rotatable bonds is 7. The van der Waals surface area contributed by atoms with Gasteiger partial charge in [-0.1, -0.05) is 41.4 Å². The summed E-state index contributed by atoms with van der Waals surface area (Å²) in [6.07, 6.45) is 4.16. The topological polar surface area (TPSA) is 115 Å². The van der Waals surface area contributed by atoms with Gasteiger partial charge in [0.05, 0.1) is 27.3 Å². The van der Waals surface area contributed by atoms with Gasteiger partial charge in [0, 0.05) is 35.4 Å². The largest absolute Gasteiger partial charge is 0.480 e. The van der Waals surface area contributed by atoms with Crippen molar-refractivity contribution in [1.29, 1.82) is 0 Å². The Labute approximate surface area is 238 Å². The molecule has 1 aliphatic heterocycles. The number of fused-ring (bicyclic) bond motifs is 2. The molecule has 8 nitrogen and oxygen atoms in total. The van der Waals surface area contributed by atoms with Gasteiger partial charge in [0.2, 0.25) is 0 Å². The van der Waals surface area contributed by atoms with E-state index < -0.39 is 17.9 Å². The lowest BCUT2D eigenvalue weighted by atomic mass is 9.95. The number of aliphatic carboxylic acids is 1. The molecule has 0 saturated carbocycles. The maximum atomic E-state index is 13.2. The van der Waals surface area contributed by atoms with E-state index in [0.29, 0.717) is 18.5 Å². The van der Waals surface area contributed by atoms with E-state index in [0.717, 1.165) is 32.5 Å². The third-order valence-electron chi connectivity index (χ3n) is 6.79. The first-order chi connectivity index (χ1) is 18.7. The third kappa shape index (κ3) is 5.61. The van der Waals surface area contributed by atoms with Gasteiger partial charge in [0.25, 0.3) is 11.8 Å². The molecule has 1 atom stereocenters. The molecule has 200 valence electrons. The molecule has 0 unspecified atom stereocenters. The Balaban J connectivity index is 1.34. The lowest BCUT2D eigenvalue weighted by molar-refractivity contribution is -0.139. The second-order valence-corrected chi connectivity index (χ2v) is 10.9. The number of thioether (sulfide) groups is 1. The maximum Gasteiger partial charge on any atom is 0.326 e. The van der Waals surface area contributed by atoms with E-state index in [1.807, 2.05) is 36.6 Å². The second kappa shape index (κ2) is 11.3. The number of amides is 2. The van der Waals surface area contributed by atoms with Crippen molar-refractivity contribution in [2.24, 2.45) is 0 Å². The molecule has 5 rings (SSSR count). The number of nitrogens with zero attached hydrogens (tertiary/aromatic N) is 2. The van der Waals surface area contributed by atoms with Crippen LogP contribution >= 0.6 is 35.0 Å². The first-order valence-electron chi connectivity index (χ1n) is 12.1. The van der Waals surface area contributed by atoms with Crippen molar-refractivity contribution in [3.05, 3.63) is 92.6 Å². The van der Waals surface area contributed by atoms with E-state index in [-0.39, 0.29) is 34.5 Å². The molecule has 2 heterocycles. The number of carbonyl (C=O) groups is 3. The van der Waals surface area contributed by atoms with E-state index in [4.69, 9.17) is 23.2 Å². The minimum absolute atomic E-state index is 0.0330. The highest BCUT2D eigenvalue weighted by Crippen LogP contribution is 2.35. The summed E-state index contributed by atoms with van der Waals surface area (Å²) in [4.78, 5) is 41.1. The molecule has 0 saturated heterocycles. The van der Waals surface area contributed by atoms with E-state index >= 15 is 0 Å². The summed E-state index contributed by atoms with van der Waals surface area (Å²) in [6, 6.07) is 13.3. The average Bonchev–Trinajstić information content (AvgIpc) is 3.40. The van der Waals surface area contributed by atoms with Crippen LogP contribution in [-0.2, 0) is 24.2 Å². The SMILES string of the molecule is CSc1cccc(C[C@H](NC(=O)c2c(Cl)cc3c(c2Cl)CCN(C(=O)c2ccc4cn[nH]c4c2)C3)C(=O)O)c1. The number of carbonyl (C=O) groups excluding carboxylic acids is 2.